The standard InChI is InChI=1S/C23H28N4O5/c28-19-4-3-18(20(29)26-19)27-21(30)16-2-1-15(11-17(16)22(27)31)25-13-14-12-24-8-5-23(14)6-9-32-10-7-23/h1-2,11,14,18,24-25H,3-10,12-13H2,(H,26,28,29). The van der Waals surface area contributed by atoms with Crippen LogP contribution in [0.1, 0.15) is 52.8 Å². The van der Waals surface area contributed by atoms with Crippen molar-refractivity contribution in [1.82, 2.24) is 15.5 Å². The maximum absolute atomic E-state index is 13.0. The van der Waals surface area contributed by atoms with Crippen molar-refractivity contribution < 1.29 is 23.9 Å². The Labute approximate surface area is 186 Å². The lowest BCUT2D eigenvalue weighted by Gasteiger charge is -2.47. The van der Waals surface area contributed by atoms with E-state index < -0.39 is 23.8 Å². The molecule has 1 aromatic carbocycles. The quantitative estimate of drug-likeness (QED) is 0.596. The van der Waals surface area contributed by atoms with Crippen molar-refractivity contribution >= 4 is 29.3 Å². The van der Waals surface area contributed by atoms with Crippen LogP contribution in [0, 0.1) is 11.3 Å². The van der Waals surface area contributed by atoms with Crippen molar-refractivity contribution in [2.45, 2.75) is 38.1 Å². The van der Waals surface area contributed by atoms with Gasteiger partial charge < -0.3 is 15.4 Å². The number of anilines is 1. The number of nitrogens with one attached hydrogen (secondary N) is 3. The third-order valence-corrected chi connectivity index (χ3v) is 7.54. The smallest absolute Gasteiger partial charge is 0.262 e. The lowest BCUT2D eigenvalue weighted by atomic mass is 9.66. The van der Waals surface area contributed by atoms with Gasteiger partial charge in [-0.05, 0) is 61.8 Å². The van der Waals surface area contributed by atoms with E-state index in [1.807, 2.05) is 6.07 Å². The number of nitrogens with zero attached hydrogens (tertiary/aromatic N) is 1. The molecule has 3 N–H and O–H groups in total. The predicted octanol–water partition coefficient (Wildman–Crippen LogP) is 0.906. The number of fused-ring (bicyclic) bond motifs is 1. The fourth-order valence-electron chi connectivity index (χ4n) is 5.58. The van der Waals surface area contributed by atoms with Crippen LogP contribution in [0.25, 0.3) is 0 Å². The monoisotopic (exact) mass is 440 g/mol. The van der Waals surface area contributed by atoms with E-state index in [1.165, 1.54) is 0 Å². The molecule has 170 valence electrons. The molecule has 5 rings (SSSR count). The van der Waals surface area contributed by atoms with E-state index in [1.54, 1.807) is 12.1 Å². The Morgan fingerprint density at radius 1 is 1.06 bits per heavy atom. The van der Waals surface area contributed by atoms with Gasteiger partial charge in [0.25, 0.3) is 11.8 Å². The van der Waals surface area contributed by atoms with Crippen LogP contribution in [0.4, 0.5) is 5.69 Å². The molecule has 3 saturated heterocycles. The topological polar surface area (TPSA) is 117 Å². The first-order valence-electron chi connectivity index (χ1n) is 11.4. The third kappa shape index (κ3) is 3.59. The van der Waals surface area contributed by atoms with Crippen molar-refractivity contribution in [3.8, 4) is 0 Å². The summed E-state index contributed by atoms with van der Waals surface area (Å²) in [7, 11) is 0. The van der Waals surface area contributed by atoms with E-state index in [9.17, 15) is 19.2 Å². The number of amides is 4. The molecule has 2 unspecified atom stereocenters. The van der Waals surface area contributed by atoms with Crippen molar-refractivity contribution in [3.63, 3.8) is 0 Å². The number of carbonyl (C=O) groups is 4. The van der Waals surface area contributed by atoms with E-state index in [0.717, 1.165) is 62.7 Å². The maximum Gasteiger partial charge on any atom is 0.262 e. The predicted molar refractivity (Wildman–Crippen MR) is 115 cm³/mol. The van der Waals surface area contributed by atoms with Crippen LogP contribution in [0.2, 0.25) is 0 Å². The molecule has 3 fully saturated rings. The van der Waals surface area contributed by atoms with E-state index in [2.05, 4.69) is 16.0 Å². The zero-order chi connectivity index (χ0) is 22.3. The van der Waals surface area contributed by atoms with Crippen LogP contribution in [0.3, 0.4) is 0 Å². The Bertz CT molecular complexity index is 963. The van der Waals surface area contributed by atoms with Gasteiger partial charge in [-0.2, -0.15) is 0 Å². The Hall–Kier alpha value is -2.78. The minimum atomic E-state index is -0.946. The second-order valence-electron chi connectivity index (χ2n) is 9.21. The summed E-state index contributed by atoms with van der Waals surface area (Å²) in [6.45, 7) is 4.36. The first-order chi connectivity index (χ1) is 15.5. The van der Waals surface area contributed by atoms with Gasteiger partial charge in [0.15, 0.2) is 0 Å². The normalized spacial score (nSPS) is 27.4. The average Bonchev–Trinajstić information content (AvgIpc) is 3.04. The average molecular weight is 441 g/mol. The van der Waals surface area contributed by atoms with Gasteiger partial charge in [0.1, 0.15) is 6.04 Å². The Kier molecular flexibility index (Phi) is 5.46. The molecule has 4 aliphatic rings. The fraction of sp³-hybridized carbons (Fsp3) is 0.565. The van der Waals surface area contributed by atoms with Crippen LogP contribution < -0.4 is 16.0 Å². The molecule has 32 heavy (non-hydrogen) atoms. The Morgan fingerprint density at radius 3 is 2.62 bits per heavy atom. The van der Waals surface area contributed by atoms with Gasteiger partial charge in [-0.15, -0.1) is 0 Å². The van der Waals surface area contributed by atoms with Crippen LogP contribution in [0.15, 0.2) is 18.2 Å². The highest BCUT2D eigenvalue weighted by molar-refractivity contribution is 6.23. The molecule has 1 aromatic rings. The second-order valence-corrected chi connectivity index (χ2v) is 9.21. The highest BCUT2D eigenvalue weighted by Gasteiger charge is 2.45. The maximum atomic E-state index is 13.0. The second kappa shape index (κ2) is 8.29. The minimum Gasteiger partial charge on any atom is -0.385 e. The highest BCUT2D eigenvalue weighted by atomic mass is 16.5. The molecular weight excluding hydrogens is 412 g/mol. The molecule has 4 amide bonds. The number of ether oxygens (including phenoxy) is 1. The minimum absolute atomic E-state index is 0.110. The molecule has 0 aliphatic carbocycles. The SMILES string of the molecule is O=C1CCC(N2C(=O)c3ccc(NCC4CNCCC45CCOCC5)cc3C2=O)C(=O)N1. The van der Waals surface area contributed by atoms with Gasteiger partial charge in [0.2, 0.25) is 11.8 Å². The molecule has 0 radical (unpaired) electrons. The fourth-order valence-corrected chi connectivity index (χ4v) is 5.58. The zero-order valence-electron chi connectivity index (χ0n) is 17.9. The van der Waals surface area contributed by atoms with E-state index >= 15 is 0 Å². The van der Waals surface area contributed by atoms with Crippen LogP contribution in [-0.4, -0.2) is 67.4 Å². The number of rotatable bonds is 4. The first-order valence-corrected chi connectivity index (χ1v) is 11.4. The Morgan fingerprint density at radius 2 is 1.84 bits per heavy atom. The van der Waals surface area contributed by atoms with Gasteiger partial charge >= 0.3 is 0 Å². The summed E-state index contributed by atoms with van der Waals surface area (Å²) in [6, 6.07) is 4.21. The van der Waals surface area contributed by atoms with Gasteiger partial charge in [-0.25, -0.2) is 0 Å². The summed E-state index contributed by atoms with van der Waals surface area (Å²) >= 11 is 0. The molecule has 4 aliphatic heterocycles. The summed E-state index contributed by atoms with van der Waals surface area (Å²) in [5.41, 5.74) is 1.65. The molecule has 0 saturated carbocycles. The molecule has 0 aromatic heterocycles. The molecule has 9 heteroatoms. The van der Waals surface area contributed by atoms with Crippen molar-refractivity contribution in [2.24, 2.45) is 11.3 Å². The molecule has 4 heterocycles. The van der Waals surface area contributed by atoms with Crippen molar-refractivity contribution in [3.05, 3.63) is 29.3 Å². The van der Waals surface area contributed by atoms with Crippen molar-refractivity contribution in [1.29, 1.82) is 0 Å². The number of benzene rings is 1. The van der Waals surface area contributed by atoms with Crippen LogP contribution in [0.5, 0.6) is 0 Å². The lowest BCUT2D eigenvalue weighted by molar-refractivity contribution is -0.136. The molecule has 2 atom stereocenters. The van der Waals surface area contributed by atoms with E-state index in [4.69, 9.17) is 4.74 Å². The summed E-state index contributed by atoms with van der Waals surface area (Å²) in [4.78, 5) is 50.5. The highest BCUT2D eigenvalue weighted by Crippen LogP contribution is 2.43. The number of hydrogen-bond donors (Lipinski definition) is 3. The number of piperidine rings is 2. The summed E-state index contributed by atoms with van der Waals surface area (Å²) < 4.78 is 5.59. The van der Waals surface area contributed by atoms with E-state index in [-0.39, 0.29) is 24.2 Å². The van der Waals surface area contributed by atoms with Crippen LogP contribution in [-0.2, 0) is 14.3 Å². The molecule has 9 nitrogen and oxygen atoms in total. The molecule has 1 spiro atoms. The largest absolute Gasteiger partial charge is 0.385 e. The number of carbonyl (C=O) groups excluding carboxylic acids is 4. The Balaban J connectivity index is 1.30. The first kappa shape index (κ1) is 21.1. The van der Waals surface area contributed by atoms with Gasteiger partial charge in [-0.3, -0.25) is 29.4 Å². The molecular formula is C23H28N4O5. The number of imide groups is 2. The summed E-state index contributed by atoms with van der Waals surface area (Å²) in [6.07, 6.45) is 3.54. The molecule has 0 bridgehead atoms. The summed E-state index contributed by atoms with van der Waals surface area (Å²) in [5.74, 6) is -1.49. The lowest BCUT2D eigenvalue weighted by Crippen LogP contribution is -2.54. The number of hydrogen-bond acceptors (Lipinski definition) is 7. The zero-order valence-corrected chi connectivity index (χ0v) is 17.9. The van der Waals surface area contributed by atoms with Gasteiger partial charge in [0, 0.05) is 38.4 Å². The third-order valence-electron chi connectivity index (χ3n) is 7.54. The van der Waals surface area contributed by atoms with Gasteiger partial charge in [0.05, 0.1) is 11.1 Å². The van der Waals surface area contributed by atoms with Gasteiger partial charge in [-0.1, -0.05) is 0 Å². The van der Waals surface area contributed by atoms with E-state index in [0.29, 0.717) is 17.0 Å². The van der Waals surface area contributed by atoms with Crippen molar-refractivity contribution in [2.75, 3.05) is 38.2 Å². The summed E-state index contributed by atoms with van der Waals surface area (Å²) in [5, 5.41) is 9.19. The van der Waals surface area contributed by atoms with Crippen LogP contribution >= 0.6 is 0 Å².